The Labute approximate surface area is 130 Å². The highest BCUT2D eigenvalue weighted by Crippen LogP contribution is 2.37. The van der Waals surface area contributed by atoms with Crippen LogP contribution in [0.25, 0.3) is 0 Å². The van der Waals surface area contributed by atoms with Crippen LogP contribution >= 0.6 is 0 Å². The third-order valence-corrected chi connectivity index (χ3v) is 2.46. The van der Waals surface area contributed by atoms with Gasteiger partial charge in [-0.05, 0) is 32.9 Å². The van der Waals surface area contributed by atoms with Gasteiger partial charge in [-0.25, -0.2) is 10.2 Å². The van der Waals surface area contributed by atoms with Gasteiger partial charge in [0, 0.05) is 5.56 Å². The van der Waals surface area contributed by atoms with Crippen molar-refractivity contribution in [3.63, 3.8) is 0 Å². The highest BCUT2D eigenvalue weighted by Gasteiger charge is 2.15. The van der Waals surface area contributed by atoms with Crippen molar-refractivity contribution in [2.45, 2.75) is 26.4 Å². The van der Waals surface area contributed by atoms with Crippen molar-refractivity contribution in [2.24, 2.45) is 5.10 Å². The van der Waals surface area contributed by atoms with Crippen molar-refractivity contribution in [3.8, 4) is 17.2 Å². The van der Waals surface area contributed by atoms with Gasteiger partial charge in [-0.1, -0.05) is 0 Å². The van der Waals surface area contributed by atoms with E-state index >= 15 is 0 Å². The normalized spacial score (nSPS) is 11.2. The number of benzene rings is 1. The summed E-state index contributed by atoms with van der Waals surface area (Å²) >= 11 is 0. The number of nitrogens with one attached hydrogen (secondary N) is 1. The standard InChI is InChI=1S/C15H22N2O5/c1-15(2,3)22-14(18)17-16-9-10-7-11(19-4)13(21-6)12(8-10)20-5/h7-9H,1-6H3,(H,17,18)/b16-9+. The molecule has 0 heterocycles. The maximum absolute atomic E-state index is 11.5. The largest absolute Gasteiger partial charge is 0.493 e. The lowest BCUT2D eigenvalue weighted by molar-refractivity contribution is 0.0529. The molecule has 122 valence electrons. The Morgan fingerprint density at radius 1 is 1.09 bits per heavy atom. The summed E-state index contributed by atoms with van der Waals surface area (Å²) in [6.45, 7) is 5.32. The Balaban J connectivity index is 2.85. The summed E-state index contributed by atoms with van der Waals surface area (Å²) in [5, 5.41) is 3.83. The Morgan fingerprint density at radius 3 is 2.05 bits per heavy atom. The number of hydrazone groups is 1. The zero-order valence-corrected chi connectivity index (χ0v) is 13.7. The van der Waals surface area contributed by atoms with Crippen LogP contribution in [-0.4, -0.2) is 39.2 Å². The Bertz CT molecular complexity index is 524. The van der Waals surface area contributed by atoms with Gasteiger partial charge < -0.3 is 18.9 Å². The SMILES string of the molecule is COc1cc(/C=N/NC(=O)OC(C)(C)C)cc(OC)c1OC. The van der Waals surface area contributed by atoms with Crippen LogP contribution in [0.4, 0.5) is 4.79 Å². The lowest BCUT2D eigenvalue weighted by Gasteiger charge is -2.18. The second-order valence-electron chi connectivity index (χ2n) is 5.33. The van der Waals surface area contributed by atoms with Gasteiger partial charge in [-0.15, -0.1) is 0 Å². The monoisotopic (exact) mass is 310 g/mol. The van der Waals surface area contributed by atoms with Gasteiger partial charge in [0.25, 0.3) is 0 Å². The topological polar surface area (TPSA) is 78.4 Å². The van der Waals surface area contributed by atoms with E-state index in [1.807, 2.05) is 0 Å². The molecule has 0 radical (unpaired) electrons. The number of carbonyl (C=O) groups is 1. The molecule has 1 aromatic carbocycles. The first-order valence-electron chi connectivity index (χ1n) is 6.62. The minimum absolute atomic E-state index is 0.488. The Hall–Kier alpha value is -2.44. The summed E-state index contributed by atoms with van der Waals surface area (Å²) in [6, 6.07) is 3.42. The zero-order valence-electron chi connectivity index (χ0n) is 13.7. The van der Waals surface area contributed by atoms with Crippen LogP contribution in [0, 0.1) is 0 Å². The molecule has 7 nitrogen and oxygen atoms in total. The first-order chi connectivity index (χ1) is 10.3. The predicted molar refractivity (Wildman–Crippen MR) is 83.1 cm³/mol. The van der Waals surface area contributed by atoms with Crippen LogP contribution in [0.3, 0.4) is 0 Å². The number of nitrogens with zero attached hydrogens (tertiary/aromatic N) is 1. The second kappa shape index (κ2) is 7.53. The number of rotatable bonds is 5. The van der Waals surface area contributed by atoms with E-state index in [0.717, 1.165) is 0 Å². The summed E-state index contributed by atoms with van der Waals surface area (Å²) in [5.74, 6) is 1.49. The molecule has 0 saturated carbocycles. The first-order valence-corrected chi connectivity index (χ1v) is 6.62. The van der Waals surface area contributed by atoms with Crippen LogP contribution < -0.4 is 19.6 Å². The molecule has 0 spiro atoms. The van der Waals surface area contributed by atoms with E-state index in [-0.39, 0.29) is 0 Å². The molecular formula is C15H22N2O5. The van der Waals surface area contributed by atoms with E-state index in [2.05, 4.69) is 10.5 Å². The molecule has 7 heteroatoms. The minimum atomic E-state index is -0.629. The van der Waals surface area contributed by atoms with Crippen molar-refractivity contribution in [1.82, 2.24) is 5.43 Å². The van der Waals surface area contributed by atoms with Gasteiger partial charge in [0.15, 0.2) is 11.5 Å². The fourth-order valence-electron chi connectivity index (χ4n) is 1.64. The molecule has 0 aliphatic rings. The molecule has 0 aliphatic heterocycles. The molecule has 0 saturated heterocycles. The smallest absolute Gasteiger partial charge is 0.428 e. The molecule has 0 aliphatic carbocycles. The third-order valence-electron chi connectivity index (χ3n) is 2.46. The third kappa shape index (κ3) is 5.16. The molecule has 1 amide bonds. The van der Waals surface area contributed by atoms with Crippen molar-refractivity contribution in [2.75, 3.05) is 21.3 Å². The average molecular weight is 310 g/mol. The first kappa shape index (κ1) is 17.6. The minimum Gasteiger partial charge on any atom is -0.493 e. The fourth-order valence-corrected chi connectivity index (χ4v) is 1.64. The van der Waals surface area contributed by atoms with Crippen molar-refractivity contribution < 1.29 is 23.7 Å². The molecule has 0 aromatic heterocycles. The van der Waals surface area contributed by atoms with Gasteiger partial charge in [0.2, 0.25) is 5.75 Å². The summed E-state index contributed by atoms with van der Waals surface area (Å²) < 4.78 is 20.8. The molecule has 1 aromatic rings. The van der Waals surface area contributed by atoms with Crippen LogP contribution in [0.15, 0.2) is 17.2 Å². The molecule has 1 N–H and O–H groups in total. The molecular weight excluding hydrogens is 288 g/mol. The lowest BCUT2D eigenvalue weighted by atomic mass is 10.2. The van der Waals surface area contributed by atoms with E-state index in [4.69, 9.17) is 18.9 Å². The van der Waals surface area contributed by atoms with Gasteiger partial charge >= 0.3 is 6.09 Å². The van der Waals surface area contributed by atoms with Crippen LogP contribution in [0.2, 0.25) is 0 Å². The highest BCUT2D eigenvalue weighted by atomic mass is 16.6. The number of methoxy groups -OCH3 is 3. The van der Waals surface area contributed by atoms with E-state index in [1.165, 1.54) is 27.5 Å². The van der Waals surface area contributed by atoms with Crippen molar-refractivity contribution in [1.29, 1.82) is 0 Å². The van der Waals surface area contributed by atoms with Gasteiger partial charge in [0.1, 0.15) is 5.60 Å². The molecule has 0 fully saturated rings. The lowest BCUT2D eigenvalue weighted by Crippen LogP contribution is -2.29. The molecule has 0 unspecified atom stereocenters. The fraction of sp³-hybridized carbons (Fsp3) is 0.467. The number of carbonyl (C=O) groups excluding carboxylic acids is 1. The highest BCUT2D eigenvalue weighted by molar-refractivity contribution is 5.83. The number of hydrogen-bond acceptors (Lipinski definition) is 6. The number of amides is 1. The summed E-state index contributed by atoms with van der Waals surface area (Å²) in [6.07, 6.45) is 0.824. The van der Waals surface area contributed by atoms with Crippen LogP contribution in [0.1, 0.15) is 26.3 Å². The maximum atomic E-state index is 11.5. The van der Waals surface area contributed by atoms with Gasteiger partial charge in [-0.3, -0.25) is 0 Å². The summed E-state index contributed by atoms with van der Waals surface area (Å²) in [5.41, 5.74) is 2.38. The van der Waals surface area contributed by atoms with Crippen molar-refractivity contribution >= 4 is 12.3 Å². The van der Waals surface area contributed by atoms with Gasteiger partial charge in [0.05, 0.1) is 27.5 Å². The van der Waals surface area contributed by atoms with Crippen LogP contribution in [0.5, 0.6) is 17.2 Å². The summed E-state index contributed by atoms with van der Waals surface area (Å²) in [7, 11) is 4.58. The second-order valence-corrected chi connectivity index (χ2v) is 5.33. The predicted octanol–water partition coefficient (Wildman–Crippen LogP) is 2.57. The molecule has 0 atom stereocenters. The molecule has 22 heavy (non-hydrogen) atoms. The van der Waals surface area contributed by atoms with E-state index in [1.54, 1.807) is 32.9 Å². The molecule has 0 bridgehead atoms. The van der Waals surface area contributed by atoms with Gasteiger partial charge in [-0.2, -0.15) is 5.10 Å². The maximum Gasteiger partial charge on any atom is 0.428 e. The zero-order chi connectivity index (χ0) is 16.8. The Kier molecular flexibility index (Phi) is 6.03. The van der Waals surface area contributed by atoms with E-state index in [0.29, 0.717) is 22.8 Å². The number of hydrogen-bond donors (Lipinski definition) is 1. The Morgan fingerprint density at radius 2 is 1.64 bits per heavy atom. The number of ether oxygens (including phenoxy) is 4. The van der Waals surface area contributed by atoms with E-state index < -0.39 is 11.7 Å². The average Bonchev–Trinajstić information content (AvgIpc) is 2.44. The quantitative estimate of drug-likeness (QED) is 0.668. The summed E-state index contributed by atoms with van der Waals surface area (Å²) in [4.78, 5) is 11.5. The van der Waals surface area contributed by atoms with Crippen LogP contribution in [-0.2, 0) is 4.74 Å². The molecule has 1 rings (SSSR count). The van der Waals surface area contributed by atoms with Crippen molar-refractivity contribution in [3.05, 3.63) is 17.7 Å². The van der Waals surface area contributed by atoms with E-state index in [9.17, 15) is 4.79 Å².